The van der Waals surface area contributed by atoms with Gasteiger partial charge in [-0.3, -0.25) is 14.2 Å². The summed E-state index contributed by atoms with van der Waals surface area (Å²) in [5.41, 5.74) is 4.48. The Labute approximate surface area is 257 Å². The van der Waals surface area contributed by atoms with Crippen molar-refractivity contribution in [3.8, 4) is 5.69 Å². The van der Waals surface area contributed by atoms with Crippen molar-refractivity contribution in [1.29, 1.82) is 0 Å². The number of carbonyl (C=O) groups is 3. The van der Waals surface area contributed by atoms with E-state index in [-0.39, 0.29) is 36.7 Å². The highest BCUT2D eigenvalue weighted by Crippen LogP contribution is 2.38. The lowest BCUT2D eigenvalue weighted by Gasteiger charge is -2.14. The van der Waals surface area contributed by atoms with Gasteiger partial charge in [-0.15, -0.1) is 32.9 Å². The maximum absolute atomic E-state index is 13.2. The first-order chi connectivity index (χ1) is 20.4. The Kier molecular flexibility index (Phi) is 9.76. The van der Waals surface area contributed by atoms with Crippen LogP contribution in [0.4, 0.5) is 5.00 Å². The third-order valence-corrected chi connectivity index (χ3v) is 9.95. The Morgan fingerprint density at radius 3 is 2.71 bits per heavy atom. The molecule has 0 unspecified atom stereocenters. The average Bonchev–Trinajstić information content (AvgIpc) is 3.68. The predicted molar refractivity (Wildman–Crippen MR) is 167 cm³/mol. The number of fused-ring (bicyclic) bond motifs is 1. The van der Waals surface area contributed by atoms with Crippen LogP contribution in [0.25, 0.3) is 5.69 Å². The number of nitrogens with zero attached hydrogens (tertiary/aromatic N) is 3. The minimum Gasteiger partial charge on any atom is -0.462 e. The summed E-state index contributed by atoms with van der Waals surface area (Å²) in [6.45, 7) is 6.24. The SMILES string of the molecule is CCOC(=O)c1c(NC(=O)CSc2nnc(CNC(=O)c3cccs3)n2-c2cc(C)ccc2C)sc2c1CCCCC2. The van der Waals surface area contributed by atoms with Crippen LogP contribution in [0, 0.1) is 13.8 Å². The Hall–Kier alpha value is -3.48. The molecule has 3 aromatic heterocycles. The van der Waals surface area contributed by atoms with Crippen LogP contribution in [-0.2, 0) is 28.9 Å². The van der Waals surface area contributed by atoms with E-state index < -0.39 is 0 Å². The summed E-state index contributed by atoms with van der Waals surface area (Å²) >= 11 is 4.11. The number of carbonyl (C=O) groups excluding carboxylic acids is 3. The fourth-order valence-corrected chi connectivity index (χ4v) is 7.60. The second-order valence-corrected chi connectivity index (χ2v) is 13.0. The fraction of sp³-hybridized carbons (Fsp3) is 0.367. The van der Waals surface area contributed by atoms with Gasteiger partial charge in [0.15, 0.2) is 11.0 Å². The zero-order chi connectivity index (χ0) is 29.6. The Morgan fingerprint density at radius 2 is 1.93 bits per heavy atom. The lowest BCUT2D eigenvalue weighted by molar-refractivity contribution is -0.113. The molecule has 3 heterocycles. The molecule has 12 heteroatoms. The van der Waals surface area contributed by atoms with E-state index in [0.717, 1.165) is 59.4 Å². The van der Waals surface area contributed by atoms with Gasteiger partial charge in [0.05, 0.1) is 35.0 Å². The van der Waals surface area contributed by atoms with Crippen LogP contribution < -0.4 is 10.6 Å². The number of amides is 2. The zero-order valence-corrected chi connectivity index (χ0v) is 26.3. The van der Waals surface area contributed by atoms with Crippen LogP contribution in [0.15, 0.2) is 40.9 Å². The van der Waals surface area contributed by atoms with Crippen LogP contribution in [0.2, 0.25) is 0 Å². The van der Waals surface area contributed by atoms with Gasteiger partial charge in [0.25, 0.3) is 5.91 Å². The Bertz CT molecular complexity index is 1590. The molecule has 0 radical (unpaired) electrons. The van der Waals surface area contributed by atoms with Crippen LogP contribution in [0.5, 0.6) is 0 Å². The molecule has 0 saturated carbocycles. The molecule has 0 atom stereocenters. The molecule has 0 aliphatic heterocycles. The second-order valence-electron chi connectivity index (χ2n) is 10.0. The maximum Gasteiger partial charge on any atom is 0.341 e. The first-order valence-electron chi connectivity index (χ1n) is 13.9. The van der Waals surface area contributed by atoms with Crippen molar-refractivity contribution in [2.45, 2.75) is 64.6 Å². The number of aryl methyl sites for hydroxylation is 3. The molecule has 42 heavy (non-hydrogen) atoms. The number of anilines is 1. The van der Waals surface area contributed by atoms with Gasteiger partial charge in [-0.2, -0.15) is 0 Å². The van der Waals surface area contributed by atoms with Gasteiger partial charge in [0.1, 0.15) is 5.00 Å². The fourth-order valence-electron chi connectivity index (χ4n) is 4.91. The number of nitrogens with one attached hydrogen (secondary N) is 2. The molecule has 220 valence electrons. The lowest BCUT2D eigenvalue weighted by atomic mass is 10.1. The van der Waals surface area contributed by atoms with E-state index >= 15 is 0 Å². The number of hydrogen-bond donors (Lipinski definition) is 2. The van der Waals surface area contributed by atoms with Gasteiger partial charge in [0.2, 0.25) is 5.91 Å². The minimum absolute atomic E-state index is 0.0649. The van der Waals surface area contributed by atoms with Gasteiger partial charge >= 0.3 is 5.97 Å². The molecule has 0 bridgehead atoms. The monoisotopic (exact) mass is 623 g/mol. The van der Waals surface area contributed by atoms with Crippen LogP contribution in [0.1, 0.15) is 73.6 Å². The average molecular weight is 624 g/mol. The number of hydrogen-bond acceptors (Lipinski definition) is 9. The van der Waals surface area contributed by atoms with Crippen molar-refractivity contribution in [3.63, 3.8) is 0 Å². The second kappa shape index (κ2) is 13.7. The highest BCUT2D eigenvalue weighted by atomic mass is 32.2. The zero-order valence-electron chi connectivity index (χ0n) is 23.8. The molecular formula is C30H33N5O4S3. The summed E-state index contributed by atoms with van der Waals surface area (Å²) in [6, 6.07) is 9.70. The van der Waals surface area contributed by atoms with Crippen LogP contribution >= 0.6 is 34.4 Å². The van der Waals surface area contributed by atoms with Crippen LogP contribution in [-0.4, -0.2) is 44.9 Å². The van der Waals surface area contributed by atoms with Crippen molar-refractivity contribution in [2.75, 3.05) is 17.7 Å². The molecular weight excluding hydrogens is 591 g/mol. The predicted octanol–water partition coefficient (Wildman–Crippen LogP) is 6.11. The topological polar surface area (TPSA) is 115 Å². The Morgan fingerprint density at radius 1 is 1.10 bits per heavy atom. The normalized spacial score (nSPS) is 12.8. The minimum atomic E-state index is -0.385. The summed E-state index contributed by atoms with van der Waals surface area (Å²) in [7, 11) is 0. The van der Waals surface area contributed by atoms with E-state index in [2.05, 4.69) is 20.8 Å². The smallest absolute Gasteiger partial charge is 0.341 e. The van der Waals surface area contributed by atoms with Gasteiger partial charge in [0, 0.05) is 4.88 Å². The van der Waals surface area contributed by atoms with E-state index in [0.29, 0.717) is 26.4 Å². The molecule has 5 rings (SSSR count). The molecule has 4 aromatic rings. The van der Waals surface area contributed by atoms with Crippen molar-refractivity contribution in [1.82, 2.24) is 20.1 Å². The molecule has 1 aliphatic rings. The largest absolute Gasteiger partial charge is 0.462 e. The van der Waals surface area contributed by atoms with Gasteiger partial charge in [-0.25, -0.2) is 4.79 Å². The highest BCUT2D eigenvalue weighted by molar-refractivity contribution is 7.99. The van der Waals surface area contributed by atoms with E-state index in [9.17, 15) is 14.4 Å². The number of thioether (sulfide) groups is 1. The van der Waals surface area contributed by atoms with E-state index in [1.165, 1.54) is 34.4 Å². The molecule has 9 nitrogen and oxygen atoms in total. The van der Waals surface area contributed by atoms with Crippen molar-refractivity contribution >= 4 is 57.2 Å². The summed E-state index contributed by atoms with van der Waals surface area (Å²) in [4.78, 5) is 40.5. The van der Waals surface area contributed by atoms with E-state index in [1.54, 1.807) is 13.0 Å². The lowest BCUT2D eigenvalue weighted by Crippen LogP contribution is -2.24. The molecule has 2 amide bonds. The molecule has 2 N–H and O–H groups in total. The van der Waals surface area contributed by atoms with Gasteiger partial charge < -0.3 is 15.4 Å². The molecule has 1 aromatic carbocycles. The van der Waals surface area contributed by atoms with Gasteiger partial charge in [-0.05, 0) is 80.7 Å². The molecule has 0 saturated heterocycles. The number of thiophene rings is 2. The van der Waals surface area contributed by atoms with Crippen molar-refractivity contribution < 1.29 is 19.1 Å². The molecule has 0 spiro atoms. The van der Waals surface area contributed by atoms with Crippen molar-refractivity contribution in [2.24, 2.45) is 0 Å². The number of rotatable bonds is 10. The maximum atomic E-state index is 13.2. The third-order valence-electron chi connectivity index (χ3n) is 6.94. The van der Waals surface area contributed by atoms with E-state index in [4.69, 9.17) is 4.74 Å². The van der Waals surface area contributed by atoms with Gasteiger partial charge in [-0.1, -0.05) is 36.4 Å². The number of aromatic nitrogens is 3. The first-order valence-corrected chi connectivity index (χ1v) is 16.6. The first kappa shape index (κ1) is 30.0. The number of esters is 1. The quantitative estimate of drug-likeness (QED) is 0.124. The number of benzene rings is 1. The summed E-state index contributed by atoms with van der Waals surface area (Å²) < 4.78 is 7.25. The van der Waals surface area contributed by atoms with E-state index in [1.807, 2.05) is 48.1 Å². The number of ether oxygens (including phenoxy) is 1. The third kappa shape index (κ3) is 6.77. The highest BCUT2D eigenvalue weighted by Gasteiger charge is 2.27. The van der Waals surface area contributed by atoms with Crippen LogP contribution in [0.3, 0.4) is 0 Å². The summed E-state index contributed by atoms with van der Waals surface area (Å²) in [5, 5.41) is 17.6. The van der Waals surface area contributed by atoms with Crippen molar-refractivity contribution in [3.05, 3.63) is 73.5 Å². The molecule has 1 aliphatic carbocycles. The molecule has 0 fully saturated rings. The Balaban J connectivity index is 1.36. The summed E-state index contributed by atoms with van der Waals surface area (Å²) in [6.07, 6.45) is 4.94. The standard InChI is InChI=1S/C30H33N5O4S3/c1-4-39-29(38)26-20-9-6-5-7-10-22(20)42-28(26)32-25(36)17-41-30-34-33-24(16-31-27(37)23-11-8-14-40-23)35(30)21-15-18(2)12-13-19(21)3/h8,11-15H,4-7,9-10,16-17H2,1-3H3,(H,31,37)(H,32,36). The summed E-state index contributed by atoms with van der Waals surface area (Å²) in [5.74, 6) is -0.187.